The van der Waals surface area contributed by atoms with Crippen molar-refractivity contribution < 1.29 is 28.7 Å². The van der Waals surface area contributed by atoms with Crippen molar-refractivity contribution >= 4 is 35.1 Å². The number of H-pyrrole nitrogens is 1. The van der Waals surface area contributed by atoms with Gasteiger partial charge in [-0.25, -0.2) is 9.87 Å². The van der Waals surface area contributed by atoms with Crippen LogP contribution in [0.1, 0.15) is 43.2 Å². The van der Waals surface area contributed by atoms with Gasteiger partial charge in [0.15, 0.2) is 0 Å². The highest BCUT2D eigenvalue weighted by molar-refractivity contribution is 6.34. The standard InChI is InChI=1S/C25H23FN4O5/c1-13-21(12-19-18-11-16(26)5-8-20(18)29-24(19)32)28-14(2)22(13)25(33)27-9-10-35-17-6-3-15(4-7-17)23(31)30-34/h3-8,11-12,28,34H,9-10H2,1-2H3,(H,27,33)(H,29,32)(H,30,31). The number of fused-ring (bicyclic) bond motifs is 1. The molecule has 4 rings (SSSR count). The molecule has 3 amide bonds. The van der Waals surface area contributed by atoms with E-state index in [9.17, 15) is 18.8 Å². The van der Waals surface area contributed by atoms with E-state index in [1.165, 1.54) is 30.3 Å². The smallest absolute Gasteiger partial charge is 0.274 e. The van der Waals surface area contributed by atoms with Gasteiger partial charge in [0.25, 0.3) is 17.7 Å². The number of rotatable bonds is 7. The first kappa shape index (κ1) is 23.7. The molecule has 0 radical (unpaired) electrons. The van der Waals surface area contributed by atoms with Crippen LogP contribution in [0.5, 0.6) is 5.75 Å². The Hall–Kier alpha value is -4.44. The Balaban J connectivity index is 1.41. The molecule has 0 atom stereocenters. The number of benzene rings is 2. The molecule has 0 aliphatic carbocycles. The van der Waals surface area contributed by atoms with Crippen LogP contribution in [0.3, 0.4) is 0 Å². The van der Waals surface area contributed by atoms with Crippen molar-refractivity contribution in [2.75, 3.05) is 18.5 Å². The van der Waals surface area contributed by atoms with Gasteiger partial charge in [-0.15, -0.1) is 0 Å². The quantitative estimate of drug-likeness (QED) is 0.154. The minimum Gasteiger partial charge on any atom is -0.492 e. The number of carbonyl (C=O) groups is 3. The maximum absolute atomic E-state index is 13.7. The number of halogens is 1. The average Bonchev–Trinajstić information content (AvgIpc) is 3.30. The lowest BCUT2D eigenvalue weighted by Gasteiger charge is -2.09. The second kappa shape index (κ2) is 9.82. The van der Waals surface area contributed by atoms with Gasteiger partial charge in [-0.3, -0.25) is 19.6 Å². The van der Waals surface area contributed by atoms with Gasteiger partial charge >= 0.3 is 0 Å². The molecular formula is C25H23FN4O5. The fourth-order valence-electron chi connectivity index (χ4n) is 3.90. The van der Waals surface area contributed by atoms with E-state index in [0.717, 1.165) is 0 Å². The minimum absolute atomic E-state index is 0.194. The average molecular weight is 478 g/mol. The molecule has 0 saturated heterocycles. The van der Waals surface area contributed by atoms with E-state index in [1.54, 1.807) is 37.5 Å². The molecule has 0 spiro atoms. The Bertz CT molecular complexity index is 1340. The van der Waals surface area contributed by atoms with Gasteiger partial charge in [0.1, 0.15) is 18.2 Å². The van der Waals surface area contributed by atoms with Crippen molar-refractivity contribution in [3.8, 4) is 5.75 Å². The van der Waals surface area contributed by atoms with E-state index in [4.69, 9.17) is 9.94 Å². The fraction of sp³-hybridized carbons (Fsp3) is 0.160. The number of hydrogen-bond donors (Lipinski definition) is 5. The van der Waals surface area contributed by atoms with Crippen LogP contribution in [0, 0.1) is 19.7 Å². The molecule has 0 unspecified atom stereocenters. The molecule has 5 N–H and O–H groups in total. The molecule has 1 aliphatic rings. The molecule has 10 heteroatoms. The highest BCUT2D eigenvalue weighted by atomic mass is 19.1. The van der Waals surface area contributed by atoms with Gasteiger partial charge in [0.2, 0.25) is 0 Å². The molecule has 180 valence electrons. The zero-order chi connectivity index (χ0) is 25.1. The fourth-order valence-corrected chi connectivity index (χ4v) is 3.90. The Morgan fingerprint density at radius 3 is 2.57 bits per heavy atom. The summed E-state index contributed by atoms with van der Waals surface area (Å²) in [5.41, 5.74) is 5.46. The topological polar surface area (TPSA) is 133 Å². The predicted molar refractivity (Wildman–Crippen MR) is 127 cm³/mol. The van der Waals surface area contributed by atoms with Crippen molar-refractivity contribution in [2.24, 2.45) is 0 Å². The van der Waals surface area contributed by atoms with Crippen LogP contribution in [0.15, 0.2) is 42.5 Å². The monoisotopic (exact) mass is 478 g/mol. The normalized spacial score (nSPS) is 13.4. The number of anilines is 1. The predicted octanol–water partition coefficient (Wildman–Crippen LogP) is 3.19. The van der Waals surface area contributed by atoms with Gasteiger partial charge in [-0.2, -0.15) is 0 Å². The summed E-state index contributed by atoms with van der Waals surface area (Å²) in [5, 5.41) is 14.1. The number of aromatic nitrogens is 1. The lowest BCUT2D eigenvalue weighted by atomic mass is 10.0. The van der Waals surface area contributed by atoms with Gasteiger partial charge in [-0.05, 0) is 68.0 Å². The van der Waals surface area contributed by atoms with Gasteiger partial charge in [0, 0.05) is 28.2 Å². The van der Waals surface area contributed by atoms with E-state index >= 15 is 0 Å². The van der Waals surface area contributed by atoms with E-state index in [2.05, 4.69) is 15.6 Å². The molecule has 2 aromatic carbocycles. The van der Waals surface area contributed by atoms with Crippen molar-refractivity contribution in [2.45, 2.75) is 13.8 Å². The summed E-state index contributed by atoms with van der Waals surface area (Å²) in [6.45, 7) is 3.95. The zero-order valence-electron chi connectivity index (χ0n) is 19.0. The molecule has 35 heavy (non-hydrogen) atoms. The summed E-state index contributed by atoms with van der Waals surface area (Å²) in [6, 6.07) is 10.2. The molecule has 0 bridgehead atoms. The third-order valence-electron chi connectivity index (χ3n) is 5.63. The first-order valence-corrected chi connectivity index (χ1v) is 10.8. The SMILES string of the molecule is Cc1[nH]c(C=C2C(=O)Nc3ccc(F)cc32)c(C)c1C(=O)NCCOc1ccc(C(=O)NO)cc1. The molecule has 2 heterocycles. The summed E-state index contributed by atoms with van der Waals surface area (Å²) < 4.78 is 19.3. The molecule has 1 aliphatic heterocycles. The lowest BCUT2D eigenvalue weighted by molar-refractivity contribution is -0.110. The maximum atomic E-state index is 13.7. The second-order valence-electron chi connectivity index (χ2n) is 7.94. The Morgan fingerprint density at radius 2 is 1.86 bits per heavy atom. The summed E-state index contributed by atoms with van der Waals surface area (Å²) in [5.74, 6) is -1.21. The largest absolute Gasteiger partial charge is 0.492 e. The van der Waals surface area contributed by atoms with Crippen LogP contribution in [0.25, 0.3) is 11.6 Å². The first-order chi connectivity index (χ1) is 16.8. The minimum atomic E-state index is -0.624. The van der Waals surface area contributed by atoms with Crippen LogP contribution < -0.4 is 20.9 Å². The van der Waals surface area contributed by atoms with Crippen LogP contribution in [0.2, 0.25) is 0 Å². The third-order valence-corrected chi connectivity index (χ3v) is 5.63. The zero-order valence-corrected chi connectivity index (χ0v) is 19.0. The van der Waals surface area contributed by atoms with Crippen molar-refractivity contribution in [3.63, 3.8) is 0 Å². The van der Waals surface area contributed by atoms with Crippen LogP contribution in [-0.4, -0.2) is 41.1 Å². The van der Waals surface area contributed by atoms with Crippen LogP contribution in [0.4, 0.5) is 10.1 Å². The van der Waals surface area contributed by atoms with Crippen molar-refractivity contribution in [1.29, 1.82) is 0 Å². The van der Waals surface area contributed by atoms with E-state index in [0.29, 0.717) is 45.1 Å². The first-order valence-electron chi connectivity index (χ1n) is 10.8. The molecule has 0 fully saturated rings. The molecular weight excluding hydrogens is 455 g/mol. The van der Waals surface area contributed by atoms with E-state index in [1.807, 2.05) is 0 Å². The number of hydroxylamine groups is 1. The highest BCUT2D eigenvalue weighted by Gasteiger charge is 2.26. The third kappa shape index (κ3) is 4.92. The number of amides is 3. The van der Waals surface area contributed by atoms with Gasteiger partial charge in [0.05, 0.1) is 17.7 Å². The maximum Gasteiger partial charge on any atom is 0.274 e. The van der Waals surface area contributed by atoms with Crippen LogP contribution in [-0.2, 0) is 4.79 Å². The Labute approximate surface area is 200 Å². The molecule has 1 aromatic heterocycles. The van der Waals surface area contributed by atoms with Crippen molar-refractivity contribution in [3.05, 3.63) is 81.9 Å². The summed E-state index contributed by atoms with van der Waals surface area (Å²) >= 11 is 0. The van der Waals surface area contributed by atoms with Gasteiger partial charge in [-0.1, -0.05) is 0 Å². The number of nitrogens with one attached hydrogen (secondary N) is 4. The number of aromatic amines is 1. The molecule has 3 aromatic rings. The molecule has 9 nitrogen and oxygen atoms in total. The highest BCUT2D eigenvalue weighted by Crippen LogP contribution is 2.34. The Kier molecular flexibility index (Phi) is 6.65. The van der Waals surface area contributed by atoms with Crippen molar-refractivity contribution in [1.82, 2.24) is 15.8 Å². The van der Waals surface area contributed by atoms with E-state index in [-0.39, 0.29) is 30.5 Å². The van der Waals surface area contributed by atoms with Crippen LogP contribution >= 0.6 is 0 Å². The van der Waals surface area contributed by atoms with Gasteiger partial charge < -0.3 is 20.4 Å². The molecule has 0 saturated carbocycles. The summed E-state index contributed by atoms with van der Waals surface area (Å²) in [6.07, 6.45) is 1.61. The number of carbonyl (C=O) groups excluding carboxylic acids is 3. The summed E-state index contributed by atoms with van der Waals surface area (Å²) in [7, 11) is 0. The van der Waals surface area contributed by atoms with E-state index < -0.39 is 11.7 Å². The second-order valence-corrected chi connectivity index (χ2v) is 7.94. The number of aryl methyl sites for hydroxylation is 1. The summed E-state index contributed by atoms with van der Waals surface area (Å²) in [4.78, 5) is 39.7. The Morgan fingerprint density at radius 1 is 1.11 bits per heavy atom. The number of ether oxygens (including phenoxy) is 1. The number of hydrogen-bond acceptors (Lipinski definition) is 5. The lowest BCUT2D eigenvalue weighted by Crippen LogP contribution is -2.28.